The number of carbonyl (C=O) groups excluding carboxylic acids is 2. The summed E-state index contributed by atoms with van der Waals surface area (Å²) in [5, 5.41) is 2.35. The largest absolute Gasteiger partial charge is 0.295 e. The lowest BCUT2D eigenvalue weighted by Gasteiger charge is -2.54. The molecule has 280 valence electrons. The summed E-state index contributed by atoms with van der Waals surface area (Å²) in [4.78, 5) is 33.9. The van der Waals surface area contributed by atoms with Gasteiger partial charge in [-0.05, 0) is 95.2 Å². The topological polar surface area (TPSA) is 59.9 Å². The zero-order chi connectivity index (χ0) is 39.5. The van der Waals surface area contributed by atoms with Gasteiger partial charge in [-0.25, -0.2) is 0 Å². The maximum atomic E-state index is 12.3. The fourth-order valence-electron chi connectivity index (χ4n) is 8.21. The van der Waals surface area contributed by atoms with Crippen molar-refractivity contribution in [2.45, 2.75) is 63.7 Å². The fraction of sp³-hybridized carbons (Fsp3) is 0.200. The van der Waals surface area contributed by atoms with Gasteiger partial charge in [0.05, 0.1) is 0 Å². The van der Waals surface area contributed by atoms with Crippen LogP contribution in [0.15, 0.2) is 157 Å². The Balaban J connectivity index is 1.27. The number of benzene rings is 4. The van der Waals surface area contributed by atoms with Gasteiger partial charge in [-0.2, -0.15) is 0 Å². The zero-order valence-corrected chi connectivity index (χ0v) is 35.2. The van der Waals surface area contributed by atoms with Crippen LogP contribution in [-0.2, 0) is 0 Å². The highest BCUT2D eigenvalue weighted by molar-refractivity contribution is 6.94. The molecule has 2 heterocycles. The number of Topliss-reactive ketones (excluding diaryl/α,β-unsaturated/α-hetero) is 2. The SMILES string of the molecule is CC(=O)c1ccc([C@@H]2[C@@H](c3ccc(/C=C/[Si](C)(C)c4ccccn4)cc3)[C@@H](c3ccc(/C=C/[Si](C)(C)c4ccccn4)cc3)[C@@H]2c2ccc(C(C)=O)cc2)cc1. The van der Waals surface area contributed by atoms with E-state index >= 15 is 0 Å². The molecule has 56 heavy (non-hydrogen) atoms. The van der Waals surface area contributed by atoms with Crippen molar-refractivity contribution in [2.24, 2.45) is 0 Å². The maximum absolute atomic E-state index is 12.3. The van der Waals surface area contributed by atoms with Crippen molar-refractivity contribution in [3.05, 3.63) is 202 Å². The first-order valence-electron chi connectivity index (χ1n) is 19.5. The van der Waals surface area contributed by atoms with E-state index in [-0.39, 0.29) is 35.2 Å². The van der Waals surface area contributed by atoms with E-state index in [9.17, 15) is 9.59 Å². The molecule has 1 fully saturated rings. The molecule has 4 aromatic carbocycles. The van der Waals surface area contributed by atoms with Gasteiger partial charge in [0.2, 0.25) is 0 Å². The van der Waals surface area contributed by atoms with Crippen molar-refractivity contribution < 1.29 is 9.59 Å². The molecule has 0 spiro atoms. The van der Waals surface area contributed by atoms with Crippen LogP contribution in [0.5, 0.6) is 0 Å². The summed E-state index contributed by atoms with van der Waals surface area (Å²) in [5.74, 6) is 0.815. The smallest absolute Gasteiger partial charge is 0.159 e. The van der Waals surface area contributed by atoms with Gasteiger partial charge in [-0.15, -0.1) is 0 Å². The van der Waals surface area contributed by atoms with Crippen LogP contribution in [0.3, 0.4) is 0 Å². The number of rotatable bonds is 12. The first-order valence-corrected chi connectivity index (χ1v) is 25.7. The van der Waals surface area contributed by atoms with Crippen LogP contribution in [0.25, 0.3) is 12.2 Å². The summed E-state index contributed by atoms with van der Waals surface area (Å²) >= 11 is 0. The van der Waals surface area contributed by atoms with Crippen molar-refractivity contribution in [3.63, 3.8) is 0 Å². The molecule has 1 aliphatic rings. The molecule has 6 aromatic rings. The standard InChI is InChI=1S/C50H50N2O2Si2/c1-35(53)39-21-25-43(26-22-39)49-47(41-17-13-37(14-18-41)29-33-55(3,4)45-11-7-9-31-51-45)48(50(49)44-27-23-40(24-28-44)36(2)54)42-19-15-38(16-20-42)30-34-56(5,6)46-12-8-10-32-52-46/h7-34,47-50H,1-6H3/b33-29+,34-30+/t47-,48+,49+,50-. The van der Waals surface area contributed by atoms with Crippen LogP contribution in [0, 0.1) is 0 Å². The lowest BCUT2D eigenvalue weighted by Crippen LogP contribution is -2.41. The molecule has 4 nitrogen and oxygen atoms in total. The quantitative estimate of drug-likeness (QED) is 0.0919. The second-order valence-electron chi connectivity index (χ2n) is 16.3. The average molecular weight is 767 g/mol. The Morgan fingerprint density at radius 1 is 0.446 bits per heavy atom. The number of aromatic nitrogens is 2. The van der Waals surface area contributed by atoms with Crippen LogP contribution >= 0.6 is 0 Å². The van der Waals surface area contributed by atoms with E-state index in [2.05, 4.69) is 157 Å². The van der Waals surface area contributed by atoms with Crippen molar-refractivity contribution in [3.8, 4) is 0 Å². The second-order valence-corrected chi connectivity index (χ2v) is 24.9. The number of nitrogens with zero attached hydrogens (tertiary/aromatic N) is 2. The lowest BCUT2D eigenvalue weighted by molar-refractivity contribution is 0.100. The molecule has 0 N–H and O–H groups in total. The van der Waals surface area contributed by atoms with Gasteiger partial charge in [-0.3, -0.25) is 19.6 Å². The molecule has 0 bridgehead atoms. The van der Waals surface area contributed by atoms with Crippen molar-refractivity contribution in [2.75, 3.05) is 0 Å². The Bertz CT molecular complexity index is 2180. The third kappa shape index (κ3) is 8.32. The Hall–Kier alpha value is -5.57. The molecular weight excluding hydrogens is 717 g/mol. The van der Waals surface area contributed by atoms with E-state index in [0.717, 1.165) is 11.1 Å². The van der Waals surface area contributed by atoms with Crippen molar-refractivity contribution in [1.29, 1.82) is 0 Å². The van der Waals surface area contributed by atoms with Gasteiger partial charge in [0.25, 0.3) is 0 Å². The molecular formula is C50H50N2O2Si2. The van der Waals surface area contributed by atoms with E-state index in [0.29, 0.717) is 0 Å². The molecule has 0 aliphatic heterocycles. The lowest BCUT2D eigenvalue weighted by atomic mass is 9.49. The third-order valence-electron chi connectivity index (χ3n) is 11.6. The van der Waals surface area contributed by atoms with E-state index in [1.165, 1.54) is 44.0 Å². The van der Waals surface area contributed by atoms with E-state index in [1.807, 2.05) is 48.8 Å². The minimum atomic E-state index is -1.86. The molecule has 0 unspecified atom stereocenters. The summed E-state index contributed by atoms with van der Waals surface area (Å²) in [6, 6.07) is 47.0. The predicted octanol–water partition coefficient (Wildman–Crippen LogP) is 10.7. The van der Waals surface area contributed by atoms with Crippen LogP contribution in [0.2, 0.25) is 26.2 Å². The van der Waals surface area contributed by atoms with E-state index in [4.69, 9.17) is 0 Å². The van der Waals surface area contributed by atoms with Crippen molar-refractivity contribution in [1.82, 2.24) is 9.97 Å². The molecule has 7 rings (SSSR count). The summed E-state index contributed by atoms with van der Waals surface area (Å²) in [7, 11) is -3.71. The molecule has 2 aromatic heterocycles. The van der Waals surface area contributed by atoms with Crippen LogP contribution in [0.1, 0.15) is 91.6 Å². The minimum Gasteiger partial charge on any atom is -0.295 e. The van der Waals surface area contributed by atoms with E-state index < -0.39 is 16.1 Å². The summed E-state index contributed by atoms with van der Waals surface area (Å²) in [6.45, 7) is 12.5. The molecule has 0 radical (unpaired) electrons. The predicted molar refractivity (Wildman–Crippen MR) is 238 cm³/mol. The highest BCUT2D eigenvalue weighted by atomic mass is 28.3. The number of carbonyl (C=O) groups is 2. The molecule has 4 atom stereocenters. The third-order valence-corrected chi connectivity index (χ3v) is 16.9. The Morgan fingerprint density at radius 3 is 1.02 bits per heavy atom. The van der Waals surface area contributed by atoms with Gasteiger partial charge < -0.3 is 0 Å². The maximum Gasteiger partial charge on any atom is 0.159 e. The monoisotopic (exact) mass is 766 g/mol. The Morgan fingerprint density at radius 2 is 0.750 bits per heavy atom. The zero-order valence-electron chi connectivity index (χ0n) is 33.2. The van der Waals surface area contributed by atoms with Gasteiger partial charge in [0.1, 0.15) is 16.1 Å². The fourth-order valence-corrected chi connectivity index (χ4v) is 11.6. The second kappa shape index (κ2) is 16.3. The van der Waals surface area contributed by atoms with Crippen molar-refractivity contribution >= 4 is 50.5 Å². The minimum absolute atomic E-state index is 0.0640. The number of hydrogen-bond acceptors (Lipinski definition) is 4. The summed E-state index contributed by atoms with van der Waals surface area (Å²) in [6.07, 6.45) is 8.27. The van der Waals surface area contributed by atoms with Gasteiger partial charge >= 0.3 is 0 Å². The number of pyridine rings is 2. The Labute approximate surface area is 334 Å². The number of ketones is 2. The summed E-state index contributed by atoms with van der Waals surface area (Å²) < 4.78 is 0. The highest BCUT2D eigenvalue weighted by Gasteiger charge is 2.52. The summed E-state index contributed by atoms with van der Waals surface area (Å²) in [5.41, 5.74) is 13.5. The Kier molecular flexibility index (Phi) is 11.2. The van der Waals surface area contributed by atoms with Crippen LogP contribution < -0.4 is 10.6 Å². The molecule has 6 heteroatoms. The molecule has 1 aliphatic carbocycles. The highest BCUT2D eigenvalue weighted by Crippen LogP contribution is 2.66. The van der Waals surface area contributed by atoms with Crippen LogP contribution in [0.4, 0.5) is 0 Å². The first-order chi connectivity index (χ1) is 26.9. The van der Waals surface area contributed by atoms with Crippen LogP contribution in [-0.4, -0.2) is 37.7 Å². The van der Waals surface area contributed by atoms with Gasteiger partial charge in [0.15, 0.2) is 11.6 Å². The molecule has 0 saturated heterocycles. The van der Waals surface area contributed by atoms with E-state index in [1.54, 1.807) is 13.8 Å². The average Bonchev–Trinajstić information content (AvgIpc) is 3.21. The molecule has 0 amide bonds. The normalized spacial score (nSPS) is 18.5. The van der Waals surface area contributed by atoms with Gasteiger partial charge in [0, 0.05) is 34.2 Å². The molecule has 1 saturated carbocycles. The first kappa shape index (κ1) is 38.7. The number of hydrogen-bond donors (Lipinski definition) is 0. The van der Waals surface area contributed by atoms with Gasteiger partial charge in [-0.1, -0.05) is 159 Å².